The van der Waals surface area contributed by atoms with Crippen LogP contribution in [0.25, 0.3) is 10.9 Å². The van der Waals surface area contributed by atoms with Crippen LogP contribution in [0.2, 0.25) is 0 Å². The van der Waals surface area contributed by atoms with Crippen LogP contribution in [0.15, 0.2) is 36.5 Å². The van der Waals surface area contributed by atoms with Gasteiger partial charge in [0, 0.05) is 43.8 Å². The number of benzene rings is 2. The molecule has 5 rings (SSSR count). The molecule has 0 bridgehead atoms. The van der Waals surface area contributed by atoms with Crippen LogP contribution in [-0.4, -0.2) is 88.2 Å². The Hall–Kier alpha value is -3.43. The second kappa shape index (κ2) is 12.0. The summed E-state index contributed by atoms with van der Waals surface area (Å²) in [5.41, 5.74) is 4.59. The number of H-pyrrole nitrogens is 1. The molecule has 3 aromatic rings. The van der Waals surface area contributed by atoms with Crippen molar-refractivity contribution in [2.45, 2.75) is 25.3 Å². The number of hydrogen-bond acceptors (Lipinski definition) is 6. The van der Waals surface area contributed by atoms with Gasteiger partial charge in [-0.3, -0.25) is 0 Å². The first-order valence-corrected chi connectivity index (χ1v) is 13.2. The fourth-order valence-electron chi connectivity index (χ4n) is 5.48. The molecule has 1 saturated heterocycles. The minimum absolute atomic E-state index is 0.0731. The molecule has 2 aliphatic rings. The molecule has 9 heteroatoms. The smallest absolute Gasteiger partial charge is 0.320 e. The Morgan fingerprint density at radius 2 is 1.87 bits per heavy atom. The molecule has 0 aliphatic carbocycles. The summed E-state index contributed by atoms with van der Waals surface area (Å²) in [6, 6.07) is 10.2. The topological polar surface area (TPSA) is 85.5 Å². The van der Waals surface area contributed by atoms with Crippen LogP contribution in [-0.2, 0) is 22.3 Å². The van der Waals surface area contributed by atoms with E-state index in [1.165, 1.54) is 11.1 Å². The summed E-state index contributed by atoms with van der Waals surface area (Å²) in [5, 5.41) is 1.14. The van der Waals surface area contributed by atoms with Gasteiger partial charge in [0.05, 0.1) is 40.1 Å². The number of aromatic amines is 1. The molecular weight excluding hydrogens is 486 g/mol. The van der Waals surface area contributed by atoms with Crippen LogP contribution in [0.3, 0.4) is 0 Å². The van der Waals surface area contributed by atoms with Crippen molar-refractivity contribution in [1.82, 2.24) is 14.8 Å². The highest BCUT2D eigenvalue weighted by molar-refractivity contribution is 5.84. The number of rotatable bonds is 9. The van der Waals surface area contributed by atoms with E-state index in [-0.39, 0.29) is 12.1 Å². The van der Waals surface area contributed by atoms with Crippen LogP contribution in [0.5, 0.6) is 17.2 Å². The van der Waals surface area contributed by atoms with Crippen molar-refractivity contribution in [2.24, 2.45) is 0 Å². The van der Waals surface area contributed by atoms with Crippen LogP contribution in [0.4, 0.5) is 4.79 Å². The molecule has 2 aliphatic heterocycles. The minimum atomic E-state index is -0.0911. The monoisotopic (exact) mass is 523 g/mol. The minimum Gasteiger partial charge on any atom is -0.497 e. The first-order valence-electron chi connectivity index (χ1n) is 13.2. The third kappa shape index (κ3) is 5.39. The highest BCUT2D eigenvalue weighted by atomic mass is 16.5. The molecule has 1 aromatic heterocycles. The molecule has 1 N–H and O–H groups in total. The maximum Gasteiger partial charge on any atom is 0.320 e. The molecule has 1 unspecified atom stereocenters. The Kier molecular flexibility index (Phi) is 8.24. The lowest BCUT2D eigenvalue weighted by Crippen LogP contribution is -2.51. The van der Waals surface area contributed by atoms with Gasteiger partial charge in [-0.05, 0) is 66.3 Å². The van der Waals surface area contributed by atoms with Crippen LogP contribution in [0, 0.1) is 0 Å². The van der Waals surface area contributed by atoms with Crippen molar-refractivity contribution >= 4 is 16.9 Å². The Labute approximate surface area is 223 Å². The van der Waals surface area contributed by atoms with E-state index in [4.69, 9.17) is 23.7 Å². The fraction of sp³-hybridized carbons (Fsp3) is 0.483. The van der Waals surface area contributed by atoms with Crippen LogP contribution >= 0.6 is 0 Å². The van der Waals surface area contributed by atoms with E-state index in [0.29, 0.717) is 57.6 Å². The third-order valence-electron chi connectivity index (χ3n) is 7.52. The predicted molar refractivity (Wildman–Crippen MR) is 144 cm³/mol. The van der Waals surface area contributed by atoms with Gasteiger partial charge >= 0.3 is 6.03 Å². The number of aryl methyl sites for hydroxylation is 1. The lowest BCUT2D eigenvalue weighted by Gasteiger charge is -2.41. The number of nitrogens with one attached hydrogen (secondary N) is 1. The fourth-order valence-corrected chi connectivity index (χ4v) is 5.48. The number of aromatic nitrogens is 1. The average molecular weight is 524 g/mol. The van der Waals surface area contributed by atoms with Crippen LogP contribution in [0.1, 0.15) is 29.2 Å². The molecule has 204 valence electrons. The number of carbonyl (C=O) groups excluding carboxylic acids is 1. The Morgan fingerprint density at radius 3 is 2.63 bits per heavy atom. The molecule has 9 nitrogen and oxygen atoms in total. The Bertz CT molecular complexity index is 1250. The third-order valence-corrected chi connectivity index (χ3v) is 7.52. The number of morpholine rings is 1. The first kappa shape index (κ1) is 26.2. The van der Waals surface area contributed by atoms with Gasteiger partial charge in [0.25, 0.3) is 0 Å². The zero-order chi connectivity index (χ0) is 26.5. The number of hydrogen-bond donors (Lipinski definition) is 1. The molecule has 2 aromatic carbocycles. The maximum atomic E-state index is 13.7. The Morgan fingerprint density at radius 1 is 1.03 bits per heavy atom. The molecule has 38 heavy (non-hydrogen) atoms. The first-order chi connectivity index (χ1) is 18.6. The molecule has 0 radical (unpaired) electrons. The molecule has 3 heterocycles. The summed E-state index contributed by atoms with van der Waals surface area (Å²) < 4.78 is 27.8. The predicted octanol–water partition coefficient (Wildman–Crippen LogP) is 4.19. The van der Waals surface area contributed by atoms with E-state index >= 15 is 0 Å². The molecule has 0 saturated carbocycles. The van der Waals surface area contributed by atoms with Gasteiger partial charge in [0.15, 0.2) is 11.5 Å². The van der Waals surface area contributed by atoms with Gasteiger partial charge in [0.2, 0.25) is 0 Å². The molecule has 1 atom stereocenters. The van der Waals surface area contributed by atoms with E-state index < -0.39 is 0 Å². The summed E-state index contributed by atoms with van der Waals surface area (Å²) in [6.45, 7) is 3.99. The highest BCUT2D eigenvalue weighted by Crippen LogP contribution is 2.41. The summed E-state index contributed by atoms with van der Waals surface area (Å²) in [5.74, 6) is 2.21. The van der Waals surface area contributed by atoms with Crippen molar-refractivity contribution in [3.05, 3.63) is 53.2 Å². The second-order valence-corrected chi connectivity index (χ2v) is 9.65. The summed E-state index contributed by atoms with van der Waals surface area (Å²) in [6.07, 6.45) is 4.41. The van der Waals surface area contributed by atoms with Gasteiger partial charge in [-0.15, -0.1) is 0 Å². The number of ether oxygens (including phenoxy) is 5. The zero-order valence-corrected chi connectivity index (χ0v) is 22.5. The standard InChI is InChI=1S/C29H37N3O6/c1-34-14-15-38-28-16-20-8-9-32(29(33)31-10-12-37-13-11-31)26(24(20)18-27(28)36-3)7-4-21-19-30-25-6-5-22(35-2)17-23(21)25/h5-6,16-19,26,30H,4,7-15H2,1-3H3. The number of fused-ring (bicyclic) bond motifs is 2. The largest absolute Gasteiger partial charge is 0.497 e. The molecule has 0 spiro atoms. The average Bonchev–Trinajstić information content (AvgIpc) is 3.37. The number of carbonyl (C=O) groups is 1. The van der Waals surface area contributed by atoms with E-state index in [0.717, 1.165) is 41.5 Å². The number of urea groups is 1. The molecular formula is C29H37N3O6. The summed E-state index contributed by atoms with van der Waals surface area (Å²) in [4.78, 5) is 21.1. The quantitative estimate of drug-likeness (QED) is 0.424. The van der Waals surface area contributed by atoms with Crippen molar-refractivity contribution in [1.29, 1.82) is 0 Å². The maximum absolute atomic E-state index is 13.7. The van der Waals surface area contributed by atoms with Crippen molar-refractivity contribution in [3.63, 3.8) is 0 Å². The normalized spacial score (nSPS) is 17.4. The number of amides is 2. The highest BCUT2D eigenvalue weighted by Gasteiger charge is 2.35. The van der Waals surface area contributed by atoms with Gasteiger partial charge < -0.3 is 38.5 Å². The van der Waals surface area contributed by atoms with Gasteiger partial charge in [-0.1, -0.05) is 0 Å². The van der Waals surface area contributed by atoms with E-state index in [9.17, 15) is 4.79 Å². The van der Waals surface area contributed by atoms with E-state index in [1.54, 1.807) is 21.3 Å². The molecule has 2 amide bonds. The van der Waals surface area contributed by atoms with Gasteiger partial charge in [-0.25, -0.2) is 4.79 Å². The second-order valence-electron chi connectivity index (χ2n) is 9.65. The van der Waals surface area contributed by atoms with Gasteiger partial charge in [-0.2, -0.15) is 0 Å². The summed E-state index contributed by atoms with van der Waals surface area (Å²) >= 11 is 0. The summed E-state index contributed by atoms with van der Waals surface area (Å²) in [7, 11) is 4.99. The number of nitrogens with zero attached hydrogens (tertiary/aromatic N) is 2. The SMILES string of the molecule is COCCOc1cc2c(cc1OC)C(CCc1c[nH]c3ccc(OC)cc13)N(C(=O)N1CCOCC1)CC2. The molecule has 1 fully saturated rings. The zero-order valence-electron chi connectivity index (χ0n) is 22.5. The van der Waals surface area contributed by atoms with Crippen molar-refractivity contribution in [2.75, 3.05) is 67.4 Å². The number of methoxy groups -OCH3 is 3. The Balaban J connectivity index is 1.46. The van der Waals surface area contributed by atoms with Gasteiger partial charge in [0.1, 0.15) is 12.4 Å². The van der Waals surface area contributed by atoms with Crippen molar-refractivity contribution < 1.29 is 28.5 Å². The lowest BCUT2D eigenvalue weighted by molar-refractivity contribution is 0.0376. The van der Waals surface area contributed by atoms with Crippen molar-refractivity contribution in [3.8, 4) is 17.2 Å². The lowest BCUT2D eigenvalue weighted by atomic mass is 9.88. The van der Waals surface area contributed by atoms with E-state index in [2.05, 4.69) is 29.4 Å². The van der Waals surface area contributed by atoms with E-state index in [1.807, 2.05) is 21.9 Å². The van der Waals surface area contributed by atoms with Crippen LogP contribution < -0.4 is 14.2 Å².